The molecule has 2 heterocycles. The molecule has 0 atom stereocenters. The van der Waals surface area contributed by atoms with Crippen molar-refractivity contribution >= 4 is 34.0 Å². The molecule has 0 saturated heterocycles. The maximum atomic E-state index is 13.2. The van der Waals surface area contributed by atoms with Gasteiger partial charge in [0.2, 0.25) is 0 Å². The van der Waals surface area contributed by atoms with E-state index in [1.165, 1.54) is 23.5 Å². The van der Waals surface area contributed by atoms with E-state index in [0.29, 0.717) is 10.4 Å². The third-order valence-electron chi connectivity index (χ3n) is 3.40. The maximum absolute atomic E-state index is 13.2. The van der Waals surface area contributed by atoms with Gasteiger partial charge in [-0.15, -0.1) is 11.3 Å². The van der Waals surface area contributed by atoms with Crippen molar-refractivity contribution in [2.75, 3.05) is 0 Å². The molecule has 0 amide bonds. The molecule has 2 N–H and O–H groups in total. The molecule has 6 heteroatoms. The number of hydrogen-bond donors (Lipinski definition) is 2. The van der Waals surface area contributed by atoms with E-state index in [1.54, 1.807) is 18.3 Å². The first-order chi connectivity index (χ1) is 10.5. The van der Waals surface area contributed by atoms with E-state index in [1.807, 2.05) is 5.38 Å². The number of thiophene rings is 1. The number of aromatic amines is 1. The van der Waals surface area contributed by atoms with Gasteiger partial charge < -0.3 is 10.1 Å². The Labute approximate surface area is 129 Å². The van der Waals surface area contributed by atoms with Gasteiger partial charge in [0, 0.05) is 29.1 Å². The number of aromatic nitrogens is 1. The molecule has 2 aromatic heterocycles. The van der Waals surface area contributed by atoms with Crippen molar-refractivity contribution in [2.45, 2.75) is 12.8 Å². The number of carboxylic acid groups (broad SMARTS) is 1. The minimum atomic E-state index is -0.983. The Bertz CT molecular complexity index is 865. The van der Waals surface area contributed by atoms with Crippen LogP contribution in [0.1, 0.15) is 22.5 Å². The summed E-state index contributed by atoms with van der Waals surface area (Å²) in [5, 5.41) is 11.3. The fraction of sp³-hybridized carbons (Fsp3) is 0.125. The van der Waals surface area contributed by atoms with Crippen LogP contribution in [0.5, 0.6) is 0 Å². The van der Waals surface area contributed by atoms with Crippen LogP contribution in [-0.2, 0) is 4.79 Å². The number of benzene rings is 1. The minimum absolute atomic E-state index is 0.00557. The topological polar surface area (TPSA) is 70.2 Å². The average molecular weight is 317 g/mol. The Hall–Kier alpha value is -2.47. The van der Waals surface area contributed by atoms with Crippen molar-refractivity contribution in [3.05, 3.63) is 46.5 Å². The Morgan fingerprint density at radius 3 is 2.82 bits per heavy atom. The number of rotatable bonds is 5. The Morgan fingerprint density at radius 2 is 2.05 bits per heavy atom. The summed E-state index contributed by atoms with van der Waals surface area (Å²) in [6.45, 7) is 0. The fourth-order valence-electron chi connectivity index (χ4n) is 2.30. The minimum Gasteiger partial charge on any atom is -0.481 e. The van der Waals surface area contributed by atoms with Crippen molar-refractivity contribution in [1.82, 2.24) is 4.98 Å². The molecule has 0 saturated carbocycles. The average Bonchev–Trinajstić information content (AvgIpc) is 3.10. The van der Waals surface area contributed by atoms with Crippen LogP contribution in [0.3, 0.4) is 0 Å². The van der Waals surface area contributed by atoms with Gasteiger partial charge in [0.05, 0.1) is 11.3 Å². The molecule has 22 heavy (non-hydrogen) atoms. The SMILES string of the molecule is O=C(O)CCC(=O)c1cc(-c2c[nH]c3cc(F)ccc23)cs1. The van der Waals surface area contributed by atoms with Crippen molar-refractivity contribution < 1.29 is 19.1 Å². The number of carboxylic acids is 1. The Morgan fingerprint density at radius 1 is 1.23 bits per heavy atom. The quantitative estimate of drug-likeness (QED) is 0.697. The van der Waals surface area contributed by atoms with Gasteiger partial charge in [-0.2, -0.15) is 0 Å². The van der Waals surface area contributed by atoms with Crippen molar-refractivity contribution in [1.29, 1.82) is 0 Å². The Balaban J connectivity index is 1.89. The zero-order chi connectivity index (χ0) is 15.7. The molecule has 0 spiro atoms. The first kappa shape index (κ1) is 14.5. The Kier molecular flexibility index (Phi) is 3.77. The van der Waals surface area contributed by atoms with Gasteiger partial charge in [-0.1, -0.05) is 0 Å². The fourth-order valence-corrected chi connectivity index (χ4v) is 3.18. The summed E-state index contributed by atoms with van der Waals surface area (Å²) in [6.07, 6.45) is 1.60. The van der Waals surface area contributed by atoms with Gasteiger partial charge in [0.25, 0.3) is 0 Å². The molecular weight excluding hydrogens is 305 g/mol. The summed E-state index contributed by atoms with van der Waals surface area (Å²) in [4.78, 5) is 26.0. The standard InChI is InChI=1S/C16H12FNO3S/c17-10-1-2-11-12(7-18-13(11)6-10)9-5-15(22-8-9)14(19)3-4-16(20)21/h1-2,5-8,18H,3-4H2,(H,20,21). The van der Waals surface area contributed by atoms with Crippen molar-refractivity contribution in [3.8, 4) is 11.1 Å². The van der Waals surface area contributed by atoms with Crippen molar-refractivity contribution in [2.24, 2.45) is 0 Å². The van der Waals surface area contributed by atoms with Crippen LogP contribution in [0.15, 0.2) is 35.8 Å². The van der Waals surface area contributed by atoms with E-state index in [2.05, 4.69) is 4.98 Å². The number of H-pyrrole nitrogens is 1. The lowest BCUT2D eigenvalue weighted by molar-refractivity contribution is -0.136. The monoisotopic (exact) mass is 317 g/mol. The zero-order valence-corrected chi connectivity index (χ0v) is 12.2. The van der Waals surface area contributed by atoms with Crippen LogP contribution < -0.4 is 0 Å². The van der Waals surface area contributed by atoms with Gasteiger partial charge >= 0.3 is 5.97 Å². The molecule has 0 aliphatic rings. The largest absolute Gasteiger partial charge is 0.481 e. The molecule has 0 aliphatic carbocycles. The van der Waals surface area contributed by atoms with Gasteiger partial charge in [-0.3, -0.25) is 9.59 Å². The number of ketones is 1. The highest BCUT2D eigenvalue weighted by Gasteiger charge is 2.14. The van der Waals surface area contributed by atoms with Crippen molar-refractivity contribution in [3.63, 3.8) is 0 Å². The first-order valence-corrected chi connectivity index (χ1v) is 7.53. The third kappa shape index (κ3) is 2.78. The predicted molar refractivity (Wildman–Crippen MR) is 82.8 cm³/mol. The van der Waals surface area contributed by atoms with E-state index >= 15 is 0 Å². The van der Waals surface area contributed by atoms with E-state index in [0.717, 1.165) is 16.5 Å². The van der Waals surface area contributed by atoms with E-state index in [-0.39, 0.29) is 24.4 Å². The number of fused-ring (bicyclic) bond motifs is 1. The molecule has 0 fully saturated rings. The predicted octanol–water partition coefficient (Wildman–Crippen LogP) is 4.08. The number of Topliss-reactive ketones (excluding diaryl/α,β-unsaturated/α-hetero) is 1. The molecule has 3 rings (SSSR count). The van der Waals surface area contributed by atoms with Crippen LogP contribution in [0.25, 0.3) is 22.0 Å². The van der Waals surface area contributed by atoms with Gasteiger partial charge in [0.1, 0.15) is 5.82 Å². The molecule has 3 aromatic rings. The number of aliphatic carboxylic acids is 1. The third-order valence-corrected chi connectivity index (χ3v) is 4.37. The molecule has 0 aliphatic heterocycles. The highest BCUT2D eigenvalue weighted by molar-refractivity contribution is 7.12. The lowest BCUT2D eigenvalue weighted by Crippen LogP contribution is -2.01. The molecular formula is C16H12FNO3S. The number of nitrogens with one attached hydrogen (secondary N) is 1. The van der Waals surface area contributed by atoms with E-state index in [9.17, 15) is 14.0 Å². The second-order valence-electron chi connectivity index (χ2n) is 4.91. The number of carbonyl (C=O) groups excluding carboxylic acids is 1. The number of hydrogen-bond acceptors (Lipinski definition) is 3. The van der Waals surface area contributed by atoms with E-state index in [4.69, 9.17) is 5.11 Å². The second-order valence-corrected chi connectivity index (χ2v) is 5.82. The highest BCUT2D eigenvalue weighted by Crippen LogP contribution is 2.32. The summed E-state index contributed by atoms with van der Waals surface area (Å²) in [5.41, 5.74) is 2.45. The molecule has 0 radical (unpaired) electrons. The summed E-state index contributed by atoms with van der Waals surface area (Å²) >= 11 is 1.29. The molecule has 1 aromatic carbocycles. The summed E-state index contributed by atoms with van der Waals surface area (Å²) in [7, 11) is 0. The molecule has 0 bridgehead atoms. The van der Waals surface area contributed by atoms with Crippen LogP contribution in [0.4, 0.5) is 4.39 Å². The van der Waals surface area contributed by atoms with Crippen LogP contribution in [-0.4, -0.2) is 21.8 Å². The van der Waals surface area contributed by atoms with Crippen LogP contribution >= 0.6 is 11.3 Å². The summed E-state index contributed by atoms with van der Waals surface area (Å²) < 4.78 is 13.2. The maximum Gasteiger partial charge on any atom is 0.303 e. The summed E-state index contributed by atoms with van der Waals surface area (Å²) in [5.74, 6) is -1.47. The van der Waals surface area contributed by atoms with Gasteiger partial charge in [0.15, 0.2) is 5.78 Å². The van der Waals surface area contributed by atoms with Gasteiger partial charge in [-0.05, 0) is 35.2 Å². The van der Waals surface area contributed by atoms with Gasteiger partial charge in [-0.25, -0.2) is 4.39 Å². The number of carbonyl (C=O) groups is 2. The molecule has 4 nitrogen and oxygen atoms in total. The van der Waals surface area contributed by atoms with Crippen LogP contribution in [0, 0.1) is 5.82 Å². The molecule has 0 unspecified atom stereocenters. The lowest BCUT2D eigenvalue weighted by Gasteiger charge is -1.96. The highest BCUT2D eigenvalue weighted by atomic mass is 32.1. The zero-order valence-electron chi connectivity index (χ0n) is 11.4. The number of halogens is 1. The lowest BCUT2D eigenvalue weighted by atomic mass is 10.1. The first-order valence-electron chi connectivity index (χ1n) is 6.65. The van der Waals surface area contributed by atoms with E-state index < -0.39 is 5.97 Å². The normalized spacial score (nSPS) is 11.0. The second kappa shape index (κ2) is 5.73. The summed E-state index contributed by atoms with van der Waals surface area (Å²) in [6, 6.07) is 6.26. The van der Waals surface area contributed by atoms with Crippen LogP contribution in [0.2, 0.25) is 0 Å². The molecule has 112 valence electrons. The smallest absolute Gasteiger partial charge is 0.303 e.